The average molecular weight is 408 g/mol. The molecule has 2 saturated carbocycles. The van der Waals surface area contributed by atoms with Crippen molar-refractivity contribution in [1.29, 1.82) is 0 Å². The van der Waals surface area contributed by atoms with Gasteiger partial charge in [-0.25, -0.2) is 0 Å². The van der Waals surface area contributed by atoms with Gasteiger partial charge < -0.3 is 9.47 Å². The van der Waals surface area contributed by atoms with E-state index in [1.54, 1.807) is 0 Å². The number of hydrogen-bond acceptors (Lipinski definition) is 4. The molecule has 1 aliphatic heterocycles. The van der Waals surface area contributed by atoms with Gasteiger partial charge in [-0.3, -0.25) is 9.69 Å². The van der Waals surface area contributed by atoms with Crippen LogP contribution >= 0.6 is 0 Å². The van der Waals surface area contributed by atoms with E-state index in [0.717, 1.165) is 38.2 Å². The van der Waals surface area contributed by atoms with Crippen molar-refractivity contribution < 1.29 is 14.3 Å². The van der Waals surface area contributed by atoms with Crippen molar-refractivity contribution in [2.24, 2.45) is 17.8 Å². The third-order valence-electron chi connectivity index (χ3n) is 7.52. The molecule has 1 heterocycles. The smallest absolute Gasteiger partial charge is 0.308 e. The van der Waals surface area contributed by atoms with Crippen LogP contribution in [0.2, 0.25) is 0 Å². The summed E-state index contributed by atoms with van der Waals surface area (Å²) in [5, 5.41) is 2.50. The maximum absolute atomic E-state index is 11.8. The predicted octanol–water partition coefficient (Wildman–Crippen LogP) is 5.18. The van der Waals surface area contributed by atoms with Crippen LogP contribution in [-0.4, -0.2) is 37.2 Å². The first kappa shape index (κ1) is 19.9. The van der Waals surface area contributed by atoms with Gasteiger partial charge in [0.05, 0.1) is 19.1 Å². The van der Waals surface area contributed by atoms with Crippen molar-refractivity contribution in [3.05, 3.63) is 42.0 Å². The molecular weight excluding hydrogens is 374 g/mol. The highest BCUT2D eigenvalue weighted by molar-refractivity contribution is 5.88. The van der Waals surface area contributed by atoms with Gasteiger partial charge in [0.1, 0.15) is 5.75 Å². The van der Waals surface area contributed by atoms with E-state index in [4.69, 9.17) is 9.47 Å². The predicted molar refractivity (Wildman–Crippen MR) is 118 cm³/mol. The van der Waals surface area contributed by atoms with Crippen LogP contribution in [-0.2, 0) is 16.1 Å². The Morgan fingerprint density at radius 1 is 1.03 bits per heavy atom. The molecule has 160 valence electrons. The monoisotopic (exact) mass is 407 g/mol. The summed E-state index contributed by atoms with van der Waals surface area (Å²) >= 11 is 0. The lowest BCUT2D eigenvalue weighted by atomic mass is 9.97. The van der Waals surface area contributed by atoms with Gasteiger partial charge in [-0.05, 0) is 73.4 Å². The standard InChI is InChI=1S/C26H33NO3/c1-29-26(28)20-13-21-16-27(17-22(21)14-20)15-18-10-11-24-19(12-18)6-5-9-25(24)30-23-7-3-2-4-8-23/h5-6,9-12,20-23H,2-4,7-8,13-17H2,1H3. The van der Waals surface area contributed by atoms with Gasteiger partial charge in [0, 0.05) is 25.0 Å². The van der Waals surface area contributed by atoms with Gasteiger partial charge in [0.15, 0.2) is 0 Å². The molecule has 2 aromatic rings. The molecule has 3 aliphatic rings. The Hall–Kier alpha value is -2.07. The fourth-order valence-electron chi connectivity index (χ4n) is 6.01. The number of ether oxygens (including phenoxy) is 2. The number of esters is 1. The summed E-state index contributed by atoms with van der Waals surface area (Å²) < 4.78 is 11.3. The minimum Gasteiger partial charge on any atom is -0.490 e. The summed E-state index contributed by atoms with van der Waals surface area (Å²) in [6.07, 6.45) is 8.66. The second-order valence-corrected chi connectivity index (χ2v) is 9.60. The normalized spacial score (nSPS) is 27.3. The van der Waals surface area contributed by atoms with E-state index in [0.29, 0.717) is 17.9 Å². The van der Waals surface area contributed by atoms with Crippen LogP contribution in [0.1, 0.15) is 50.5 Å². The molecule has 4 heteroatoms. The van der Waals surface area contributed by atoms with Crippen molar-refractivity contribution >= 4 is 16.7 Å². The van der Waals surface area contributed by atoms with Crippen molar-refractivity contribution in [2.45, 2.75) is 57.6 Å². The summed E-state index contributed by atoms with van der Waals surface area (Å²) in [5.74, 6) is 2.43. The van der Waals surface area contributed by atoms with Crippen LogP contribution < -0.4 is 4.74 Å². The van der Waals surface area contributed by atoms with Crippen LogP contribution in [0, 0.1) is 17.8 Å². The second kappa shape index (κ2) is 8.58. The Balaban J connectivity index is 1.24. The number of rotatable bonds is 5. The number of fused-ring (bicyclic) bond motifs is 2. The number of benzene rings is 2. The summed E-state index contributed by atoms with van der Waals surface area (Å²) in [6, 6.07) is 13.3. The Bertz CT molecular complexity index is 890. The zero-order chi connectivity index (χ0) is 20.5. The lowest BCUT2D eigenvalue weighted by molar-refractivity contribution is -0.145. The molecule has 4 nitrogen and oxygen atoms in total. The molecule has 30 heavy (non-hydrogen) atoms. The highest BCUT2D eigenvalue weighted by atomic mass is 16.5. The lowest BCUT2D eigenvalue weighted by Crippen LogP contribution is -2.23. The number of nitrogens with zero attached hydrogens (tertiary/aromatic N) is 1. The van der Waals surface area contributed by atoms with Crippen LogP contribution in [0.5, 0.6) is 5.75 Å². The van der Waals surface area contributed by atoms with Gasteiger partial charge in [0.25, 0.3) is 0 Å². The van der Waals surface area contributed by atoms with Gasteiger partial charge in [-0.1, -0.05) is 30.7 Å². The lowest BCUT2D eigenvalue weighted by Gasteiger charge is -2.24. The first-order valence-corrected chi connectivity index (χ1v) is 11.7. The minimum atomic E-state index is -0.0169. The van der Waals surface area contributed by atoms with Crippen molar-refractivity contribution in [3.63, 3.8) is 0 Å². The molecule has 0 amide bonds. The SMILES string of the molecule is COC(=O)C1CC2CN(Cc3ccc4c(OC5CCCCC5)cccc4c3)CC2C1. The van der Waals surface area contributed by atoms with E-state index in [9.17, 15) is 4.79 Å². The van der Waals surface area contributed by atoms with E-state index < -0.39 is 0 Å². The number of likely N-dealkylation sites (tertiary alicyclic amines) is 1. The third kappa shape index (κ3) is 4.07. The average Bonchev–Trinajstić information content (AvgIpc) is 3.33. The molecule has 3 fully saturated rings. The Morgan fingerprint density at radius 2 is 1.80 bits per heavy atom. The molecule has 0 spiro atoms. The first-order chi connectivity index (χ1) is 14.7. The number of hydrogen-bond donors (Lipinski definition) is 0. The topological polar surface area (TPSA) is 38.8 Å². The number of methoxy groups -OCH3 is 1. The van der Waals surface area contributed by atoms with Gasteiger partial charge >= 0.3 is 5.97 Å². The molecule has 0 aromatic heterocycles. The van der Waals surface area contributed by atoms with Crippen LogP contribution in [0.4, 0.5) is 0 Å². The zero-order valence-corrected chi connectivity index (χ0v) is 18.0. The summed E-state index contributed by atoms with van der Waals surface area (Å²) in [6.45, 7) is 3.18. The van der Waals surface area contributed by atoms with E-state index in [1.807, 2.05) is 0 Å². The van der Waals surface area contributed by atoms with E-state index >= 15 is 0 Å². The Kier molecular flexibility index (Phi) is 5.68. The van der Waals surface area contributed by atoms with Crippen molar-refractivity contribution in [1.82, 2.24) is 4.90 Å². The fourth-order valence-corrected chi connectivity index (χ4v) is 6.01. The minimum absolute atomic E-state index is 0.0169. The molecular formula is C26H33NO3. The van der Waals surface area contributed by atoms with Crippen molar-refractivity contribution in [2.75, 3.05) is 20.2 Å². The van der Waals surface area contributed by atoms with E-state index in [1.165, 1.54) is 55.5 Å². The molecule has 0 radical (unpaired) electrons. The molecule has 2 aromatic carbocycles. The molecule has 0 N–H and O–H groups in total. The molecule has 1 saturated heterocycles. The molecule has 2 unspecified atom stereocenters. The molecule has 2 atom stereocenters. The van der Waals surface area contributed by atoms with Gasteiger partial charge in [0.2, 0.25) is 0 Å². The number of carbonyl (C=O) groups excluding carboxylic acids is 1. The Labute approximate surface area is 179 Å². The van der Waals surface area contributed by atoms with Crippen LogP contribution in [0.3, 0.4) is 0 Å². The largest absolute Gasteiger partial charge is 0.490 e. The quantitative estimate of drug-likeness (QED) is 0.640. The summed E-state index contributed by atoms with van der Waals surface area (Å²) in [4.78, 5) is 14.4. The highest BCUT2D eigenvalue weighted by Crippen LogP contribution is 2.42. The first-order valence-electron chi connectivity index (χ1n) is 11.7. The maximum Gasteiger partial charge on any atom is 0.308 e. The van der Waals surface area contributed by atoms with E-state index in [2.05, 4.69) is 41.3 Å². The summed E-state index contributed by atoms with van der Waals surface area (Å²) in [7, 11) is 1.51. The van der Waals surface area contributed by atoms with Gasteiger partial charge in [-0.2, -0.15) is 0 Å². The maximum atomic E-state index is 11.8. The van der Waals surface area contributed by atoms with Crippen molar-refractivity contribution in [3.8, 4) is 5.75 Å². The number of carbonyl (C=O) groups is 1. The van der Waals surface area contributed by atoms with Gasteiger partial charge in [-0.15, -0.1) is 0 Å². The third-order valence-corrected chi connectivity index (χ3v) is 7.52. The Morgan fingerprint density at radius 3 is 2.53 bits per heavy atom. The molecule has 5 rings (SSSR count). The molecule has 0 bridgehead atoms. The van der Waals surface area contributed by atoms with Crippen LogP contribution in [0.25, 0.3) is 10.8 Å². The highest BCUT2D eigenvalue weighted by Gasteiger charge is 2.43. The second-order valence-electron chi connectivity index (χ2n) is 9.60. The fraction of sp³-hybridized carbons (Fsp3) is 0.577. The molecule has 2 aliphatic carbocycles. The van der Waals surface area contributed by atoms with E-state index in [-0.39, 0.29) is 11.9 Å². The van der Waals surface area contributed by atoms with Crippen LogP contribution in [0.15, 0.2) is 36.4 Å². The zero-order valence-electron chi connectivity index (χ0n) is 18.0. The summed E-state index contributed by atoms with van der Waals surface area (Å²) in [5.41, 5.74) is 1.36.